The lowest BCUT2D eigenvalue weighted by Gasteiger charge is -2.16. The molecule has 0 saturated carbocycles. The maximum Gasteiger partial charge on any atom is 0.348 e. The second-order valence-corrected chi connectivity index (χ2v) is 6.48. The molecule has 0 unspecified atom stereocenters. The SMILES string of the molecule is CC(C)/C=C/c1c(C(C)C)nc(NC(C)C)c2n[nH]c(=O)n12. The zero-order valence-corrected chi connectivity index (χ0v) is 14.1. The summed E-state index contributed by atoms with van der Waals surface area (Å²) in [6.07, 6.45) is 4.04. The van der Waals surface area contributed by atoms with E-state index in [1.54, 1.807) is 4.40 Å². The molecule has 0 amide bonds. The fourth-order valence-electron chi connectivity index (χ4n) is 2.26. The molecule has 2 aromatic heterocycles. The zero-order chi connectivity index (χ0) is 16.4. The molecule has 0 aromatic carbocycles. The third-order valence-corrected chi connectivity index (χ3v) is 3.23. The average molecular weight is 303 g/mol. The summed E-state index contributed by atoms with van der Waals surface area (Å²) in [5.41, 5.74) is 1.98. The Hall–Kier alpha value is -2.11. The third kappa shape index (κ3) is 3.21. The second kappa shape index (κ2) is 6.34. The van der Waals surface area contributed by atoms with Crippen LogP contribution in [-0.2, 0) is 0 Å². The van der Waals surface area contributed by atoms with E-state index in [1.165, 1.54) is 0 Å². The van der Waals surface area contributed by atoms with Crippen LogP contribution in [-0.4, -0.2) is 25.6 Å². The van der Waals surface area contributed by atoms with Crippen LogP contribution in [0.5, 0.6) is 0 Å². The minimum absolute atomic E-state index is 0.200. The molecule has 2 heterocycles. The first-order valence-electron chi connectivity index (χ1n) is 7.77. The maximum absolute atomic E-state index is 12.2. The number of nitrogens with one attached hydrogen (secondary N) is 2. The molecule has 0 radical (unpaired) electrons. The zero-order valence-electron chi connectivity index (χ0n) is 14.1. The van der Waals surface area contributed by atoms with E-state index < -0.39 is 0 Å². The number of fused-ring (bicyclic) bond motifs is 1. The smallest absolute Gasteiger partial charge is 0.348 e. The number of rotatable bonds is 5. The Morgan fingerprint density at radius 3 is 2.41 bits per heavy atom. The Bertz CT molecular complexity index is 737. The lowest BCUT2D eigenvalue weighted by Crippen LogP contribution is -2.19. The van der Waals surface area contributed by atoms with Gasteiger partial charge in [-0.15, -0.1) is 5.10 Å². The Balaban J connectivity index is 2.78. The summed E-state index contributed by atoms with van der Waals surface area (Å²) in [7, 11) is 0. The number of anilines is 1. The van der Waals surface area contributed by atoms with Gasteiger partial charge < -0.3 is 5.32 Å². The minimum Gasteiger partial charge on any atom is -0.365 e. The maximum atomic E-state index is 12.2. The van der Waals surface area contributed by atoms with Gasteiger partial charge in [0, 0.05) is 6.04 Å². The highest BCUT2D eigenvalue weighted by Crippen LogP contribution is 2.24. The van der Waals surface area contributed by atoms with Crippen molar-refractivity contribution in [3.63, 3.8) is 0 Å². The number of hydrogen-bond donors (Lipinski definition) is 2. The van der Waals surface area contributed by atoms with E-state index in [0.29, 0.717) is 17.4 Å². The topological polar surface area (TPSA) is 75.1 Å². The van der Waals surface area contributed by atoms with Crippen LogP contribution in [0.25, 0.3) is 11.7 Å². The van der Waals surface area contributed by atoms with Crippen molar-refractivity contribution >= 4 is 17.5 Å². The Morgan fingerprint density at radius 2 is 1.86 bits per heavy atom. The number of hydrogen-bond acceptors (Lipinski definition) is 4. The van der Waals surface area contributed by atoms with E-state index in [9.17, 15) is 4.79 Å². The monoisotopic (exact) mass is 303 g/mol. The van der Waals surface area contributed by atoms with Crippen LogP contribution < -0.4 is 11.0 Å². The van der Waals surface area contributed by atoms with Crippen molar-refractivity contribution in [2.24, 2.45) is 5.92 Å². The molecule has 0 bridgehead atoms. The van der Waals surface area contributed by atoms with Gasteiger partial charge >= 0.3 is 5.69 Å². The summed E-state index contributed by atoms with van der Waals surface area (Å²) in [4.78, 5) is 16.9. The molecular weight excluding hydrogens is 278 g/mol. The van der Waals surface area contributed by atoms with Crippen LogP contribution in [0.15, 0.2) is 10.9 Å². The number of nitrogens with zero attached hydrogens (tertiary/aromatic N) is 3. The molecule has 0 atom stereocenters. The van der Waals surface area contributed by atoms with Crippen molar-refractivity contribution < 1.29 is 0 Å². The third-order valence-electron chi connectivity index (χ3n) is 3.23. The van der Waals surface area contributed by atoms with Gasteiger partial charge in [-0.1, -0.05) is 33.8 Å². The molecule has 2 aromatic rings. The molecular formula is C16H25N5O. The van der Waals surface area contributed by atoms with Gasteiger partial charge in [0.2, 0.25) is 5.65 Å². The molecule has 0 aliphatic carbocycles. The van der Waals surface area contributed by atoms with Crippen molar-refractivity contribution in [2.75, 3.05) is 5.32 Å². The van der Waals surface area contributed by atoms with Gasteiger partial charge in [-0.05, 0) is 31.8 Å². The van der Waals surface area contributed by atoms with Crippen LogP contribution in [0, 0.1) is 5.92 Å². The van der Waals surface area contributed by atoms with Crippen LogP contribution >= 0.6 is 0 Å². The van der Waals surface area contributed by atoms with Gasteiger partial charge in [0.25, 0.3) is 0 Å². The number of H-pyrrole nitrogens is 1. The van der Waals surface area contributed by atoms with E-state index in [1.807, 2.05) is 19.9 Å². The van der Waals surface area contributed by atoms with E-state index in [-0.39, 0.29) is 17.6 Å². The van der Waals surface area contributed by atoms with Crippen LogP contribution in [0.1, 0.15) is 58.8 Å². The second-order valence-electron chi connectivity index (χ2n) is 6.48. The molecule has 0 spiro atoms. The number of aromatic nitrogens is 4. The lowest BCUT2D eigenvalue weighted by molar-refractivity contribution is 0.789. The molecule has 22 heavy (non-hydrogen) atoms. The van der Waals surface area contributed by atoms with Gasteiger partial charge in [-0.2, -0.15) is 0 Å². The predicted molar refractivity (Wildman–Crippen MR) is 90.3 cm³/mol. The van der Waals surface area contributed by atoms with Gasteiger partial charge in [-0.25, -0.2) is 19.3 Å². The summed E-state index contributed by atoms with van der Waals surface area (Å²) >= 11 is 0. The molecule has 0 fully saturated rings. The van der Waals surface area contributed by atoms with Gasteiger partial charge in [0.15, 0.2) is 5.82 Å². The molecule has 0 aliphatic rings. The van der Waals surface area contributed by atoms with Gasteiger partial charge in [0.05, 0.1) is 11.4 Å². The quantitative estimate of drug-likeness (QED) is 0.890. The summed E-state index contributed by atoms with van der Waals surface area (Å²) in [6, 6.07) is 0.208. The van der Waals surface area contributed by atoms with Crippen molar-refractivity contribution in [3.05, 3.63) is 27.9 Å². The molecule has 2 N–H and O–H groups in total. The summed E-state index contributed by atoms with van der Waals surface area (Å²) in [6.45, 7) is 12.4. The standard InChI is InChI=1S/C16H25N5O/c1-9(2)7-8-12-13(10(3)4)18-14(17-11(5)6)15-19-20-16(22)21(12)15/h7-11H,1-6H3,(H,17,18)(H,20,22)/b8-7+. The predicted octanol–water partition coefficient (Wildman–Crippen LogP) is 3.03. The van der Waals surface area contributed by atoms with Gasteiger partial charge in [0.1, 0.15) is 0 Å². The van der Waals surface area contributed by atoms with E-state index >= 15 is 0 Å². The first-order chi connectivity index (χ1) is 10.3. The molecule has 6 nitrogen and oxygen atoms in total. The number of aromatic amines is 1. The average Bonchev–Trinajstić information content (AvgIpc) is 2.79. The first-order valence-corrected chi connectivity index (χ1v) is 7.77. The van der Waals surface area contributed by atoms with Crippen molar-refractivity contribution in [2.45, 2.75) is 53.5 Å². The van der Waals surface area contributed by atoms with Crippen LogP contribution in [0.3, 0.4) is 0 Å². The molecule has 120 valence electrons. The van der Waals surface area contributed by atoms with E-state index in [0.717, 1.165) is 11.4 Å². The van der Waals surface area contributed by atoms with Crippen LogP contribution in [0.2, 0.25) is 0 Å². The van der Waals surface area contributed by atoms with Crippen molar-refractivity contribution in [3.8, 4) is 0 Å². The van der Waals surface area contributed by atoms with E-state index in [4.69, 9.17) is 4.98 Å². The highest BCUT2D eigenvalue weighted by atomic mass is 16.1. The van der Waals surface area contributed by atoms with Crippen molar-refractivity contribution in [1.29, 1.82) is 0 Å². The van der Waals surface area contributed by atoms with Gasteiger partial charge in [-0.3, -0.25) is 0 Å². The van der Waals surface area contributed by atoms with Crippen LogP contribution in [0.4, 0.5) is 5.82 Å². The highest BCUT2D eigenvalue weighted by Gasteiger charge is 2.18. The summed E-state index contributed by atoms with van der Waals surface area (Å²) in [5.74, 6) is 1.23. The lowest BCUT2D eigenvalue weighted by atomic mass is 10.1. The highest BCUT2D eigenvalue weighted by molar-refractivity contribution is 5.67. The largest absolute Gasteiger partial charge is 0.365 e. The molecule has 0 aliphatic heterocycles. The fourth-order valence-corrected chi connectivity index (χ4v) is 2.26. The Kier molecular flexibility index (Phi) is 4.68. The fraction of sp³-hybridized carbons (Fsp3) is 0.562. The molecule has 6 heteroatoms. The number of allylic oxidation sites excluding steroid dienone is 1. The normalized spacial score (nSPS) is 12.4. The Morgan fingerprint density at radius 1 is 1.18 bits per heavy atom. The molecule has 0 saturated heterocycles. The first kappa shape index (κ1) is 16.3. The summed E-state index contributed by atoms with van der Waals surface area (Å²) < 4.78 is 1.60. The summed E-state index contributed by atoms with van der Waals surface area (Å²) in [5, 5.41) is 9.92. The minimum atomic E-state index is -0.241. The van der Waals surface area contributed by atoms with Crippen molar-refractivity contribution in [1.82, 2.24) is 19.6 Å². The Labute approximate surface area is 130 Å². The molecule has 2 rings (SSSR count). The van der Waals surface area contributed by atoms with E-state index in [2.05, 4.69) is 49.3 Å².